The fourth-order valence-corrected chi connectivity index (χ4v) is 5.84. The zero-order valence-electron chi connectivity index (χ0n) is 17.0. The summed E-state index contributed by atoms with van der Waals surface area (Å²) in [7, 11) is -3.60. The Morgan fingerprint density at radius 1 is 1.19 bits per heavy atom. The first-order chi connectivity index (χ1) is 14.8. The lowest BCUT2D eigenvalue weighted by molar-refractivity contribution is 0.102. The van der Waals surface area contributed by atoms with Gasteiger partial charge in [-0.2, -0.15) is 4.31 Å². The van der Waals surface area contributed by atoms with Crippen molar-refractivity contribution >= 4 is 32.4 Å². The van der Waals surface area contributed by atoms with Crippen LogP contribution in [0.25, 0.3) is 0 Å². The number of aromatic nitrogens is 1. The summed E-state index contributed by atoms with van der Waals surface area (Å²) in [5.74, 6) is -0.681. The Balaban J connectivity index is 1.46. The van der Waals surface area contributed by atoms with E-state index in [1.165, 1.54) is 33.8 Å². The number of hydrogen-bond donors (Lipinski definition) is 1. The van der Waals surface area contributed by atoms with Gasteiger partial charge < -0.3 is 0 Å². The number of halogens is 1. The first-order valence-electron chi connectivity index (χ1n) is 9.94. The molecule has 1 aliphatic rings. The van der Waals surface area contributed by atoms with Gasteiger partial charge in [-0.05, 0) is 55.2 Å². The molecule has 0 radical (unpaired) electrons. The molecule has 0 bridgehead atoms. The third-order valence-electron chi connectivity index (χ3n) is 5.19. The van der Waals surface area contributed by atoms with Gasteiger partial charge in [-0.25, -0.2) is 17.8 Å². The summed E-state index contributed by atoms with van der Waals surface area (Å²) < 4.78 is 40.7. The van der Waals surface area contributed by atoms with Crippen LogP contribution in [0.15, 0.2) is 53.6 Å². The highest BCUT2D eigenvalue weighted by Crippen LogP contribution is 2.24. The molecule has 31 heavy (non-hydrogen) atoms. The van der Waals surface area contributed by atoms with Crippen molar-refractivity contribution in [3.05, 3.63) is 76.0 Å². The fraction of sp³-hybridized carbons (Fsp3) is 0.273. The highest BCUT2D eigenvalue weighted by molar-refractivity contribution is 7.89. The normalized spacial score (nSPS) is 14.6. The van der Waals surface area contributed by atoms with Crippen LogP contribution in [0.4, 0.5) is 9.52 Å². The molecule has 1 saturated heterocycles. The van der Waals surface area contributed by atoms with E-state index in [9.17, 15) is 17.6 Å². The largest absolute Gasteiger partial charge is 0.298 e. The van der Waals surface area contributed by atoms with E-state index in [0.717, 1.165) is 23.3 Å². The molecule has 0 aliphatic carbocycles. The number of nitrogens with zero attached hydrogens (tertiary/aromatic N) is 2. The van der Waals surface area contributed by atoms with Crippen molar-refractivity contribution in [1.82, 2.24) is 9.29 Å². The minimum Gasteiger partial charge on any atom is -0.298 e. The summed E-state index contributed by atoms with van der Waals surface area (Å²) in [4.78, 5) is 17.9. The minimum absolute atomic E-state index is 0.114. The first kappa shape index (κ1) is 21.6. The SMILES string of the molecule is Cc1ccc(Cc2cnc(NC(=O)c3cccc(S(=O)(=O)N4CCCC4)c3)s2)cc1F. The number of amides is 1. The predicted molar refractivity (Wildman–Crippen MR) is 118 cm³/mol. The Hall–Kier alpha value is -2.62. The molecule has 0 spiro atoms. The van der Waals surface area contributed by atoms with Crippen molar-refractivity contribution in [2.75, 3.05) is 18.4 Å². The van der Waals surface area contributed by atoms with Crippen molar-refractivity contribution in [2.45, 2.75) is 31.1 Å². The molecule has 1 fully saturated rings. The Labute approximate surface area is 184 Å². The maximum atomic E-state index is 13.7. The van der Waals surface area contributed by atoms with Crippen LogP contribution in [0.3, 0.4) is 0 Å². The van der Waals surface area contributed by atoms with E-state index in [1.54, 1.807) is 31.3 Å². The number of benzene rings is 2. The summed E-state index contributed by atoms with van der Waals surface area (Å²) in [6.07, 6.45) is 3.85. The summed E-state index contributed by atoms with van der Waals surface area (Å²) in [6, 6.07) is 11.1. The molecule has 0 unspecified atom stereocenters. The number of sulfonamides is 1. The number of carbonyl (C=O) groups is 1. The second kappa shape index (κ2) is 8.86. The molecule has 6 nitrogen and oxygen atoms in total. The highest BCUT2D eigenvalue weighted by atomic mass is 32.2. The number of thiazole rings is 1. The summed E-state index contributed by atoms with van der Waals surface area (Å²) in [6.45, 7) is 2.72. The maximum absolute atomic E-state index is 13.7. The van der Waals surface area contributed by atoms with Gasteiger partial charge in [0.25, 0.3) is 5.91 Å². The van der Waals surface area contributed by atoms with E-state index in [1.807, 2.05) is 6.07 Å². The second-order valence-electron chi connectivity index (χ2n) is 7.49. The Kier molecular flexibility index (Phi) is 6.17. The average Bonchev–Trinajstić information content (AvgIpc) is 3.44. The lowest BCUT2D eigenvalue weighted by atomic mass is 10.1. The smallest absolute Gasteiger partial charge is 0.257 e. The van der Waals surface area contributed by atoms with Crippen LogP contribution in [-0.4, -0.2) is 36.7 Å². The van der Waals surface area contributed by atoms with Gasteiger partial charge in [-0.15, -0.1) is 11.3 Å². The number of anilines is 1. The quantitative estimate of drug-likeness (QED) is 0.599. The molecule has 1 aliphatic heterocycles. The number of carbonyl (C=O) groups excluding carboxylic acids is 1. The van der Waals surface area contributed by atoms with Crippen LogP contribution in [-0.2, 0) is 16.4 Å². The lowest BCUT2D eigenvalue weighted by Crippen LogP contribution is -2.28. The van der Waals surface area contributed by atoms with E-state index < -0.39 is 15.9 Å². The first-order valence-corrected chi connectivity index (χ1v) is 12.2. The summed E-state index contributed by atoms with van der Waals surface area (Å²) in [5.41, 5.74) is 1.66. The molecular weight excluding hydrogens is 437 g/mol. The summed E-state index contributed by atoms with van der Waals surface area (Å²) in [5, 5.41) is 3.12. The molecule has 2 aromatic carbocycles. The predicted octanol–water partition coefficient (Wildman–Crippen LogP) is 4.22. The fourth-order valence-electron chi connectivity index (χ4n) is 3.44. The van der Waals surface area contributed by atoms with Gasteiger partial charge in [0.1, 0.15) is 5.82 Å². The monoisotopic (exact) mass is 459 g/mol. The Morgan fingerprint density at radius 2 is 1.97 bits per heavy atom. The van der Waals surface area contributed by atoms with E-state index >= 15 is 0 Å². The van der Waals surface area contributed by atoms with Crippen molar-refractivity contribution < 1.29 is 17.6 Å². The topological polar surface area (TPSA) is 79.4 Å². The molecule has 1 aromatic heterocycles. The van der Waals surface area contributed by atoms with Crippen molar-refractivity contribution in [1.29, 1.82) is 0 Å². The third kappa shape index (κ3) is 4.84. The van der Waals surface area contributed by atoms with Gasteiger partial charge in [0.05, 0.1) is 4.90 Å². The molecule has 1 amide bonds. The van der Waals surface area contributed by atoms with Gasteiger partial charge >= 0.3 is 0 Å². The number of hydrogen-bond acceptors (Lipinski definition) is 5. The van der Waals surface area contributed by atoms with E-state index in [2.05, 4.69) is 10.3 Å². The molecular formula is C22H22FN3O3S2. The van der Waals surface area contributed by atoms with Crippen molar-refractivity contribution in [3.8, 4) is 0 Å². The zero-order chi connectivity index (χ0) is 22.0. The molecule has 2 heterocycles. The Bertz CT molecular complexity index is 1220. The number of aryl methyl sites for hydroxylation is 1. The van der Waals surface area contributed by atoms with Gasteiger partial charge in [-0.3, -0.25) is 10.1 Å². The van der Waals surface area contributed by atoms with Crippen LogP contribution >= 0.6 is 11.3 Å². The van der Waals surface area contributed by atoms with Gasteiger partial charge in [-0.1, -0.05) is 18.2 Å². The standard InChI is InChI=1S/C22H22FN3O3S2/c1-15-7-8-16(12-20(15)23)11-18-14-24-22(30-18)25-21(27)17-5-4-6-19(13-17)31(28,29)26-9-2-3-10-26/h4-8,12-14H,2-3,9-11H2,1H3,(H,24,25,27). The molecule has 0 saturated carbocycles. The van der Waals surface area contributed by atoms with E-state index in [-0.39, 0.29) is 16.3 Å². The molecule has 1 N–H and O–H groups in total. The van der Waals surface area contributed by atoms with E-state index in [0.29, 0.717) is 30.2 Å². The van der Waals surface area contributed by atoms with Gasteiger partial charge in [0.15, 0.2) is 5.13 Å². The second-order valence-corrected chi connectivity index (χ2v) is 10.5. The van der Waals surface area contributed by atoms with Crippen LogP contribution in [0, 0.1) is 12.7 Å². The van der Waals surface area contributed by atoms with Crippen LogP contribution in [0.2, 0.25) is 0 Å². The van der Waals surface area contributed by atoms with Crippen LogP contribution < -0.4 is 5.32 Å². The zero-order valence-corrected chi connectivity index (χ0v) is 18.6. The van der Waals surface area contributed by atoms with Crippen molar-refractivity contribution in [3.63, 3.8) is 0 Å². The number of rotatable bonds is 6. The average molecular weight is 460 g/mol. The van der Waals surface area contributed by atoms with Gasteiger partial charge in [0, 0.05) is 36.1 Å². The molecule has 0 atom stereocenters. The molecule has 9 heteroatoms. The minimum atomic E-state index is -3.60. The molecule has 162 valence electrons. The Morgan fingerprint density at radius 3 is 2.71 bits per heavy atom. The van der Waals surface area contributed by atoms with Crippen LogP contribution in [0.1, 0.15) is 39.2 Å². The molecule has 3 aromatic rings. The third-order valence-corrected chi connectivity index (χ3v) is 8.00. The number of nitrogens with one attached hydrogen (secondary N) is 1. The molecule has 4 rings (SSSR count). The lowest BCUT2D eigenvalue weighted by Gasteiger charge is -2.15. The maximum Gasteiger partial charge on any atom is 0.257 e. The highest BCUT2D eigenvalue weighted by Gasteiger charge is 2.27. The van der Waals surface area contributed by atoms with Gasteiger partial charge in [0.2, 0.25) is 10.0 Å². The van der Waals surface area contributed by atoms with Crippen LogP contribution in [0.5, 0.6) is 0 Å². The van der Waals surface area contributed by atoms with E-state index in [4.69, 9.17) is 0 Å². The van der Waals surface area contributed by atoms with Crippen molar-refractivity contribution in [2.24, 2.45) is 0 Å². The summed E-state index contributed by atoms with van der Waals surface area (Å²) >= 11 is 1.30.